The lowest BCUT2D eigenvalue weighted by Crippen LogP contribution is -2.29. The van der Waals surface area contributed by atoms with E-state index in [0.717, 1.165) is 61.5 Å². The van der Waals surface area contributed by atoms with Crippen LogP contribution in [-0.4, -0.2) is 0 Å². The van der Waals surface area contributed by atoms with Crippen LogP contribution in [0.3, 0.4) is 0 Å². The molecule has 0 spiro atoms. The SMILES string of the molecule is C=CC1CCC(C2CCC(C3CCC(c4cc(F)c(C(F)(F)Cl)c(F)c4)CC3)CC2)CC1. The molecule has 5 heteroatoms. The van der Waals surface area contributed by atoms with Gasteiger partial charge in [0.1, 0.15) is 17.2 Å². The topological polar surface area (TPSA) is 0 Å². The smallest absolute Gasteiger partial charge is 0.206 e. The highest BCUT2D eigenvalue weighted by molar-refractivity contribution is 6.21. The van der Waals surface area contributed by atoms with Crippen molar-refractivity contribution in [3.05, 3.63) is 47.5 Å². The second-order valence-electron chi connectivity index (χ2n) is 10.6. The van der Waals surface area contributed by atoms with E-state index in [0.29, 0.717) is 11.5 Å². The monoisotopic (exact) mass is 470 g/mol. The molecule has 0 atom stereocenters. The zero-order chi connectivity index (χ0) is 22.9. The number of halogens is 5. The quantitative estimate of drug-likeness (QED) is 0.228. The molecule has 0 aromatic heterocycles. The minimum atomic E-state index is -4.03. The Morgan fingerprint density at radius 2 is 1.09 bits per heavy atom. The zero-order valence-electron chi connectivity index (χ0n) is 18.8. The van der Waals surface area contributed by atoms with Gasteiger partial charge in [0.25, 0.3) is 0 Å². The summed E-state index contributed by atoms with van der Waals surface area (Å²) in [5, 5.41) is -4.03. The normalized spacial score (nSPS) is 34.3. The second-order valence-corrected chi connectivity index (χ2v) is 11.0. The van der Waals surface area contributed by atoms with Crippen molar-refractivity contribution in [2.75, 3.05) is 0 Å². The van der Waals surface area contributed by atoms with Crippen LogP contribution in [0.4, 0.5) is 17.6 Å². The number of alkyl halides is 3. The number of benzene rings is 1. The Kier molecular flexibility index (Phi) is 7.59. The highest BCUT2D eigenvalue weighted by Crippen LogP contribution is 2.47. The maximum atomic E-state index is 14.2. The van der Waals surface area contributed by atoms with Gasteiger partial charge in [0, 0.05) is 0 Å². The molecule has 0 radical (unpaired) electrons. The number of rotatable bonds is 5. The molecule has 1 aromatic rings. The standard InChI is InChI=1S/C27H35ClF4/c1-2-17-3-5-18(6-4-17)19-7-9-20(10-8-19)21-11-13-22(14-12-21)23-15-24(29)26(25(30)16-23)27(28,31)32/h2,15-22H,1,3-14H2. The lowest BCUT2D eigenvalue weighted by atomic mass is 9.64. The maximum absolute atomic E-state index is 14.2. The summed E-state index contributed by atoms with van der Waals surface area (Å²) in [6, 6.07) is 2.12. The summed E-state index contributed by atoms with van der Waals surface area (Å²) in [6.07, 6.45) is 16.6. The van der Waals surface area contributed by atoms with Gasteiger partial charge in [-0.3, -0.25) is 0 Å². The molecule has 3 saturated carbocycles. The number of allylic oxidation sites excluding steroid dienone is 1. The van der Waals surface area contributed by atoms with E-state index in [-0.39, 0.29) is 5.92 Å². The summed E-state index contributed by atoms with van der Waals surface area (Å²) < 4.78 is 54.8. The predicted octanol–water partition coefficient (Wildman–Crippen LogP) is 9.33. The largest absolute Gasteiger partial charge is 0.353 e. The van der Waals surface area contributed by atoms with Gasteiger partial charge in [0.05, 0.1) is 0 Å². The average Bonchev–Trinajstić information content (AvgIpc) is 2.78. The Morgan fingerprint density at radius 1 is 0.719 bits per heavy atom. The van der Waals surface area contributed by atoms with Crippen LogP contribution in [0.25, 0.3) is 0 Å². The molecule has 0 nitrogen and oxygen atoms in total. The van der Waals surface area contributed by atoms with Crippen LogP contribution in [0.5, 0.6) is 0 Å². The van der Waals surface area contributed by atoms with Crippen molar-refractivity contribution in [2.24, 2.45) is 29.6 Å². The zero-order valence-corrected chi connectivity index (χ0v) is 19.5. The van der Waals surface area contributed by atoms with E-state index >= 15 is 0 Å². The van der Waals surface area contributed by atoms with Crippen LogP contribution in [0.1, 0.15) is 94.1 Å². The van der Waals surface area contributed by atoms with E-state index < -0.39 is 22.6 Å². The molecule has 0 amide bonds. The predicted molar refractivity (Wildman–Crippen MR) is 122 cm³/mol. The summed E-state index contributed by atoms with van der Waals surface area (Å²) in [6.45, 7) is 3.96. The first kappa shape index (κ1) is 24.1. The molecule has 3 fully saturated rings. The van der Waals surface area contributed by atoms with Crippen molar-refractivity contribution in [1.82, 2.24) is 0 Å². The molecule has 0 bridgehead atoms. The molecule has 178 valence electrons. The van der Waals surface area contributed by atoms with Crippen molar-refractivity contribution in [1.29, 1.82) is 0 Å². The third-order valence-corrected chi connectivity index (χ3v) is 9.08. The summed E-state index contributed by atoms with van der Waals surface area (Å²) >= 11 is 4.87. The fraction of sp³-hybridized carbons (Fsp3) is 0.704. The Balaban J connectivity index is 1.27. The van der Waals surface area contributed by atoms with Gasteiger partial charge in [-0.25, -0.2) is 8.78 Å². The van der Waals surface area contributed by atoms with Crippen molar-refractivity contribution in [2.45, 2.75) is 88.3 Å². The molecule has 0 aliphatic heterocycles. The van der Waals surface area contributed by atoms with Gasteiger partial charge in [0.2, 0.25) is 0 Å². The number of hydrogen-bond donors (Lipinski definition) is 0. The Labute approximate surface area is 194 Å². The lowest BCUT2D eigenvalue weighted by molar-refractivity contribution is 0.0857. The van der Waals surface area contributed by atoms with Crippen molar-refractivity contribution >= 4 is 11.6 Å². The molecule has 32 heavy (non-hydrogen) atoms. The van der Waals surface area contributed by atoms with Crippen LogP contribution in [0.2, 0.25) is 0 Å². The van der Waals surface area contributed by atoms with Crippen LogP contribution < -0.4 is 0 Å². The molecule has 0 heterocycles. The van der Waals surface area contributed by atoms with E-state index in [9.17, 15) is 17.6 Å². The first-order chi connectivity index (χ1) is 15.3. The van der Waals surface area contributed by atoms with Crippen molar-refractivity contribution < 1.29 is 17.6 Å². The Morgan fingerprint density at radius 3 is 1.47 bits per heavy atom. The Hall–Kier alpha value is -1.03. The van der Waals surface area contributed by atoms with E-state index in [1.165, 1.54) is 51.4 Å². The fourth-order valence-corrected chi connectivity index (χ4v) is 7.14. The molecule has 3 aliphatic carbocycles. The van der Waals surface area contributed by atoms with Gasteiger partial charge in [0.15, 0.2) is 0 Å². The first-order valence-corrected chi connectivity index (χ1v) is 12.8. The van der Waals surface area contributed by atoms with Gasteiger partial charge in [-0.2, -0.15) is 8.78 Å². The molecular weight excluding hydrogens is 436 g/mol. The van der Waals surface area contributed by atoms with Crippen LogP contribution in [0.15, 0.2) is 24.8 Å². The van der Waals surface area contributed by atoms with Gasteiger partial charge < -0.3 is 0 Å². The van der Waals surface area contributed by atoms with Gasteiger partial charge in [-0.15, -0.1) is 6.58 Å². The van der Waals surface area contributed by atoms with Gasteiger partial charge >= 0.3 is 5.38 Å². The minimum absolute atomic E-state index is 0.0321. The van der Waals surface area contributed by atoms with Gasteiger partial charge in [-0.05, 0) is 142 Å². The van der Waals surface area contributed by atoms with Crippen LogP contribution in [-0.2, 0) is 5.38 Å². The van der Waals surface area contributed by atoms with Crippen molar-refractivity contribution in [3.8, 4) is 0 Å². The molecule has 0 saturated heterocycles. The third-order valence-electron chi connectivity index (χ3n) is 8.89. The minimum Gasteiger partial charge on any atom is -0.206 e. The molecule has 3 aliphatic rings. The fourth-order valence-electron chi connectivity index (χ4n) is 6.96. The second kappa shape index (κ2) is 10.1. The summed E-state index contributed by atoms with van der Waals surface area (Å²) in [5.74, 6) is 1.50. The Bertz CT molecular complexity index is 754. The molecule has 0 unspecified atom stereocenters. The number of hydrogen-bond acceptors (Lipinski definition) is 0. The van der Waals surface area contributed by atoms with E-state index in [2.05, 4.69) is 12.7 Å². The van der Waals surface area contributed by atoms with Crippen LogP contribution >= 0.6 is 11.6 Å². The average molecular weight is 471 g/mol. The van der Waals surface area contributed by atoms with Gasteiger partial charge in [-0.1, -0.05) is 6.08 Å². The van der Waals surface area contributed by atoms with Crippen molar-refractivity contribution in [3.63, 3.8) is 0 Å². The highest BCUT2D eigenvalue weighted by atomic mass is 35.5. The molecule has 4 rings (SSSR count). The van der Waals surface area contributed by atoms with Crippen LogP contribution in [0, 0.1) is 41.2 Å². The maximum Gasteiger partial charge on any atom is 0.353 e. The molecule has 0 N–H and O–H groups in total. The third kappa shape index (κ3) is 5.37. The molecule has 1 aromatic carbocycles. The van der Waals surface area contributed by atoms with E-state index in [1.54, 1.807) is 0 Å². The first-order valence-electron chi connectivity index (χ1n) is 12.4. The molecular formula is C27H35ClF4. The summed E-state index contributed by atoms with van der Waals surface area (Å²) in [7, 11) is 0. The summed E-state index contributed by atoms with van der Waals surface area (Å²) in [4.78, 5) is 0. The summed E-state index contributed by atoms with van der Waals surface area (Å²) in [5.41, 5.74) is -0.853. The highest BCUT2D eigenvalue weighted by Gasteiger charge is 2.37. The van der Waals surface area contributed by atoms with E-state index in [1.807, 2.05) is 0 Å². The lowest BCUT2D eigenvalue weighted by Gasteiger charge is -2.41. The van der Waals surface area contributed by atoms with E-state index in [4.69, 9.17) is 11.6 Å².